The molecule has 1 spiro atoms. The van der Waals surface area contributed by atoms with Crippen molar-refractivity contribution in [1.82, 2.24) is 5.32 Å². The highest BCUT2D eigenvalue weighted by molar-refractivity contribution is 4.95. The van der Waals surface area contributed by atoms with E-state index in [1.54, 1.807) is 0 Å². The molecule has 1 N–H and O–H groups in total. The van der Waals surface area contributed by atoms with Crippen LogP contribution in [0.5, 0.6) is 0 Å². The van der Waals surface area contributed by atoms with Gasteiger partial charge in [0.1, 0.15) is 0 Å². The summed E-state index contributed by atoms with van der Waals surface area (Å²) in [5.74, 6) is 2.77. The van der Waals surface area contributed by atoms with Crippen molar-refractivity contribution in [2.75, 3.05) is 19.8 Å². The standard InChI is InChI=1S/C15H25NO2/c1-3-5-13(4-2)16-14-6-9-18-15(12-14)7-10-17-11-8-15/h1,13-14,16H,4-12H2,2H3. The second kappa shape index (κ2) is 6.56. The topological polar surface area (TPSA) is 30.5 Å². The normalized spacial score (nSPS) is 28.8. The van der Waals surface area contributed by atoms with Crippen molar-refractivity contribution in [3.05, 3.63) is 0 Å². The molecule has 0 amide bonds. The lowest BCUT2D eigenvalue weighted by molar-refractivity contribution is -0.140. The van der Waals surface area contributed by atoms with Gasteiger partial charge in [-0.05, 0) is 32.1 Å². The Kier molecular flexibility index (Phi) is 5.05. The smallest absolute Gasteiger partial charge is 0.0741 e. The molecule has 2 aliphatic heterocycles. The number of hydrogen-bond donors (Lipinski definition) is 1. The Hall–Kier alpha value is -0.560. The monoisotopic (exact) mass is 251 g/mol. The summed E-state index contributed by atoms with van der Waals surface area (Å²) < 4.78 is 11.5. The van der Waals surface area contributed by atoms with E-state index >= 15 is 0 Å². The van der Waals surface area contributed by atoms with Crippen LogP contribution in [0.25, 0.3) is 0 Å². The molecular formula is C15H25NO2. The van der Waals surface area contributed by atoms with Gasteiger partial charge in [0.05, 0.1) is 5.60 Å². The zero-order valence-corrected chi connectivity index (χ0v) is 11.4. The molecule has 2 atom stereocenters. The Bertz CT molecular complexity index is 286. The quantitative estimate of drug-likeness (QED) is 0.776. The molecule has 2 saturated heterocycles. The van der Waals surface area contributed by atoms with Crippen molar-refractivity contribution in [2.45, 2.75) is 63.1 Å². The fourth-order valence-corrected chi connectivity index (χ4v) is 3.06. The molecule has 2 fully saturated rings. The van der Waals surface area contributed by atoms with Gasteiger partial charge in [0, 0.05) is 38.3 Å². The summed E-state index contributed by atoms with van der Waals surface area (Å²) in [5, 5.41) is 3.71. The van der Waals surface area contributed by atoms with Gasteiger partial charge in [0.25, 0.3) is 0 Å². The van der Waals surface area contributed by atoms with Crippen LogP contribution in [0.4, 0.5) is 0 Å². The van der Waals surface area contributed by atoms with Crippen LogP contribution in [0, 0.1) is 12.3 Å². The Labute approximate surface area is 111 Å². The van der Waals surface area contributed by atoms with E-state index in [9.17, 15) is 0 Å². The molecule has 3 nitrogen and oxygen atoms in total. The van der Waals surface area contributed by atoms with Crippen molar-refractivity contribution >= 4 is 0 Å². The van der Waals surface area contributed by atoms with Crippen molar-refractivity contribution in [2.24, 2.45) is 0 Å². The van der Waals surface area contributed by atoms with Gasteiger partial charge in [0.15, 0.2) is 0 Å². The van der Waals surface area contributed by atoms with Crippen LogP contribution in [0.3, 0.4) is 0 Å². The largest absolute Gasteiger partial charge is 0.381 e. The molecule has 0 aromatic heterocycles. The van der Waals surface area contributed by atoms with Gasteiger partial charge in [-0.2, -0.15) is 0 Å². The second-order valence-electron chi connectivity index (χ2n) is 5.51. The van der Waals surface area contributed by atoms with Crippen LogP contribution in [-0.4, -0.2) is 37.5 Å². The summed E-state index contributed by atoms with van der Waals surface area (Å²) in [5.41, 5.74) is 0.0720. The SMILES string of the molecule is C#CCC(CC)NC1CCOC2(CCOCC2)C1. The predicted octanol–water partition coefficient (Wildman–Crippen LogP) is 2.11. The highest BCUT2D eigenvalue weighted by Crippen LogP contribution is 2.34. The molecular weight excluding hydrogens is 226 g/mol. The zero-order chi connectivity index (χ0) is 12.8. The fourth-order valence-electron chi connectivity index (χ4n) is 3.06. The summed E-state index contributed by atoms with van der Waals surface area (Å²) >= 11 is 0. The second-order valence-corrected chi connectivity index (χ2v) is 5.51. The van der Waals surface area contributed by atoms with Crippen LogP contribution < -0.4 is 5.32 Å². The van der Waals surface area contributed by atoms with Gasteiger partial charge in [-0.25, -0.2) is 0 Å². The van der Waals surface area contributed by atoms with Crippen molar-refractivity contribution in [3.63, 3.8) is 0 Å². The molecule has 0 aliphatic carbocycles. The molecule has 0 saturated carbocycles. The van der Waals surface area contributed by atoms with Crippen molar-refractivity contribution < 1.29 is 9.47 Å². The molecule has 0 bridgehead atoms. The van der Waals surface area contributed by atoms with E-state index in [2.05, 4.69) is 18.2 Å². The van der Waals surface area contributed by atoms with E-state index in [0.29, 0.717) is 12.1 Å². The highest BCUT2D eigenvalue weighted by Gasteiger charge is 2.39. The van der Waals surface area contributed by atoms with Crippen molar-refractivity contribution in [1.29, 1.82) is 0 Å². The number of hydrogen-bond acceptors (Lipinski definition) is 3. The van der Waals surface area contributed by atoms with Crippen LogP contribution in [0.1, 0.15) is 45.4 Å². The summed E-state index contributed by atoms with van der Waals surface area (Å²) in [6.07, 6.45) is 11.6. The molecule has 0 aromatic rings. The van der Waals surface area contributed by atoms with E-state index in [1.165, 1.54) is 0 Å². The van der Waals surface area contributed by atoms with Crippen LogP contribution in [0.15, 0.2) is 0 Å². The lowest BCUT2D eigenvalue weighted by Crippen LogP contribution is -2.51. The summed E-state index contributed by atoms with van der Waals surface area (Å²) in [6.45, 7) is 4.74. The predicted molar refractivity (Wildman–Crippen MR) is 72.4 cm³/mol. The number of rotatable bonds is 4. The Morgan fingerprint density at radius 3 is 2.83 bits per heavy atom. The van der Waals surface area contributed by atoms with Gasteiger partial charge in [0.2, 0.25) is 0 Å². The maximum absolute atomic E-state index is 6.05. The maximum atomic E-state index is 6.05. The number of terminal acetylenes is 1. The molecule has 3 heteroatoms. The third kappa shape index (κ3) is 3.47. The van der Waals surface area contributed by atoms with Crippen molar-refractivity contribution in [3.8, 4) is 12.3 Å². The average Bonchev–Trinajstić information content (AvgIpc) is 2.39. The maximum Gasteiger partial charge on any atom is 0.0741 e. The zero-order valence-electron chi connectivity index (χ0n) is 11.4. The minimum Gasteiger partial charge on any atom is -0.381 e. The molecule has 102 valence electrons. The van der Waals surface area contributed by atoms with E-state index < -0.39 is 0 Å². The number of ether oxygens (including phenoxy) is 2. The minimum absolute atomic E-state index is 0.0720. The van der Waals surface area contributed by atoms with E-state index in [1.807, 2.05) is 0 Å². The van der Waals surface area contributed by atoms with Gasteiger partial charge >= 0.3 is 0 Å². The summed E-state index contributed by atoms with van der Waals surface area (Å²) in [4.78, 5) is 0. The summed E-state index contributed by atoms with van der Waals surface area (Å²) in [7, 11) is 0. The van der Waals surface area contributed by atoms with Gasteiger partial charge in [-0.3, -0.25) is 0 Å². The minimum atomic E-state index is 0.0720. The molecule has 18 heavy (non-hydrogen) atoms. The van der Waals surface area contributed by atoms with Gasteiger partial charge in [-0.1, -0.05) is 6.92 Å². The first kappa shape index (κ1) is 13.9. The Balaban J connectivity index is 1.88. The van der Waals surface area contributed by atoms with Gasteiger partial charge in [-0.15, -0.1) is 12.3 Å². The van der Waals surface area contributed by atoms with Crippen LogP contribution in [-0.2, 0) is 9.47 Å². The third-order valence-electron chi connectivity index (χ3n) is 4.23. The molecule has 2 heterocycles. The Morgan fingerprint density at radius 1 is 1.39 bits per heavy atom. The molecule has 2 aliphatic rings. The molecule has 2 rings (SSSR count). The van der Waals surface area contributed by atoms with Gasteiger partial charge < -0.3 is 14.8 Å². The van der Waals surface area contributed by atoms with E-state index in [4.69, 9.17) is 15.9 Å². The third-order valence-corrected chi connectivity index (χ3v) is 4.23. The number of nitrogens with one attached hydrogen (secondary N) is 1. The first-order valence-electron chi connectivity index (χ1n) is 7.19. The summed E-state index contributed by atoms with van der Waals surface area (Å²) in [6, 6.07) is 1.00. The van der Waals surface area contributed by atoms with E-state index in [0.717, 1.165) is 58.3 Å². The first-order valence-corrected chi connectivity index (χ1v) is 7.19. The molecule has 2 unspecified atom stereocenters. The lowest BCUT2D eigenvalue weighted by atomic mass is 9.83. The Morgan fingerprint density at radius 2 is 2.17 bits per heavy atom. The molecule has 0 aromatic carbocycles. The fraction of sp³-hybridized carbons (Fsp3) is 0.867. The van der Waals surface area contributed by atoms with Crippen LogP contribution >= 0.6 is 0 Å². The average molecular weight is 251 g/mol. The highest BCUT2D eigenvalue weighted by atomic mass is 16.5. The van der Waals surface area contributed by atoms with E-state index in [-0.39, 0.29) is 5.60 Å². The first-order chi connectivity index (χ1) is 8.78. The van der Waals surface area contributed by atoms with Crippen LogP contribution in [0.2, 0.25) is 0 Å². The molecule has 0 radical (unpaired) electrons. The lowest BCUT2D eigenvalue weighted by Gasteiger charge is -2.44.